The van der Waals surface area contributed by atoms with Crippen LogP contribution in [-0.4, -0.2) is 19.1 Å². The standard InChI is InChI=1S/C14H22ClN3O/c1-3-5-8-17-14(16)18-10-11-6-7-12(15)9-13(11)19-4-2/h6-7,9H,3-5,8,10H2,1-2H3,(H3,16,17,18). The van der Waals surface area contributed by atoms with Gasteiger partial charge in [0.25, 0.3) is 0 Å². The molecule has 19 heavy (non-hydrogen) atoms. The molecule has 1 aromatic rings. The van der Waals surface area contributed by atoms with E-state index >= 15 is 0 Å². The summed E-state index contributed by atoms with van der Waals surface area (Å²) < 4.78 is 5.53. The Morgan fingerprint density at radius 3 is 2.89 bits per heavy atom. The fourth-order valence-electron chi connectivity index (χ4n) is 1.57. The lowest BCUT2D eigenvalue weighted by atomic mass is 10.2. The van der Waals surface area contributed by atoms with Crippen molar-refractivity contribution in [1.29, 1.82) is 0 Å². The third-order valence-electron chi connectivity index (χ3n) is 2.59. The molecule has 1 rings (SSSR count). The van der Waals surface area contributed by atoms with Gasteiger partial charge in [0, 0.05) is 17.1 Å². The normalized spacial score (nSPS) is 11.4. The predicted octanol–water partition coefficient (Wildman–Crippen LogP) is 2.94. The van der Waals surface area contributed by atoms with Crippen LogP contribution in [0.3, 0.4) is 0 Å². The molecular weight excluding hydrogens is 262 g/mol. The van der Waals surface area contributed by atoms with Crippen LogP contribution in [0.4, 0.5) is 0 Å². The number of hydrogen-bond donors (Lipinski definition) is 2. The van der Waals surface area contributed by atoms with Crippen LogP contribution >= 0.6 is 11.6 Å². The van der Waals surface area contributed by atoms with E-state index in [4.69, 9.17) is 22.1 Å². The Balaban J connectivity index is 2.63. The van der Waals surface area contributed by atoms with Gasteiger partial charge < -0.3 is 15.8 Å². The van der Waals surface area contributed by atoms with Gasteiger partial charge in [-0.25, -0.2) is 4.99 Å². The van der Waals surface area contributed by atoms with Gasteiger partial charge >= 0.3 is 0 Å². The lowest BCUT2D eigenvalue weighted by Crippen LogP contribution is -2.32. The molecule has 0 aromatic heterocycles. The highest BCUT2D eigenvalue weighted by molar-refractivity contribution is 6.30. The van der Waals surface area contributed by atoms with Crippen LogP contribution in [0.15, 0.2) is 23.2 Å². The van der Waals surface area contributed by atoms with Gasteiger partial charge in [0.1, 0.15) is 5.75 Å². The summed E-state index contributed by atoms with van der Waals surface area (Å²) in [5, 5.41) is 3.74. The van der Waals surface area contributed by atoms with Gasteiger partial charge in [-0.2, -0.15) is 0 Å². The number of unbranched alkanes of at least 4 members (excludes halogenated alkanes) is 1. The molecular formula is C14H22ClN3O. The first-order valence-electron chi connectivity index (χ1n) is 6.62. The summed E-state index contributed by atoms with van der Waals surface area (Å²) in [5.74, 6) is 1.23. The average molecular weight is 284 g/mol. The molecule has 4 nitrogen and oxygen atoms in total. The van der Waals surface area contributed by atoms with Crippen molar-refractivity contribution in [1.82, 2.24) is 5.32 Å². The Morgan fingerprint density at radius 2 is 2.21 bits per heavy atom. The topological polar surface area (TPSA) is 59.6 Å². The lowest BCUT2D eigenvalue weighted by Gasteiger charge is -2.09. The van der Waals surface area contributed by atoms with Gasteiger partial charge in [-0.3, -0.25) is 0 Å². The summed E-state index contributed by atoms with van der Waals surface area (Å²) in [4.78, 5) is 4.30. The minimum absolute atomic E-state index is 0.464. The Labute approximate surface area is 120 Å². The van der Waals surface area contributed by atoms with Crippen molar-refractivity contribution in [2.75, 3.05) is 13.2 Å². The number of benzene rings is 1. The SMILES string of the molecule is CCCCNC(N)=NCc1ccc(Cl)cc1OCC. The van der Waals surface area contributed by atoms with E-state index in [0.29, 0.717) is 24.1 Å². The van der Waals surface area contributed by atoms with Gasteiger partial charge in [-0.1, -0.05) is 31.0 Å². The summed E-state index contributed by atoms with van der Waals surface area (Å²) in [6.45, 7) is 6.01. The van der Waals surface area contributed by atoms with E-state index in [1.54, 1.807) is 6.07 Å². The van der Waals surface area contributed by atoms with Crippen molar-refractivity contribution in [2.24, 2.45) is 10.7 Å². The molecule has 0 spiro atoms. The second-order valence-corrected chi connectivity index (χ2v) is 4.60. The number of halogens is 1. The van der Waals surface area contributed by atoms with Crippen LogP contribution in [0.1, 0.15) is 32.3 Å². The molecule has 0 amide bonds. The Bertz CT molecular complexity index is 421. The quantitative estimate of drug-likeness (QED) is 0.459. The maximum Gasteiger partial charge on any atom is 0.188 e. The van der Waals surface area contributed by atoms with Crippen molar-refractivity contribution in [2.45, 2.75) is 33.2 Å². The maximum absolute atomic E-state index is 5.95. The monoisotopic (exact) mass is 283 g/mol. The molecule has 0 heterocycles. The molecule has 0 aliphatic carbocycles. The first-order valence-corrected chi connectivity index (χ1v) is 7.00. The van der Waals surface area contributed by atoms with Crippen LogP contribution in [0, 0.1) is 0 Å². The molecule has 0 aliphatic heterocycles. The van der Waals surface area contributed by atoms with Crippen molar-refractivity contribution >= 4 is 17.6 Å². The number of rotatable bonds is 7. The van der Waals surface area contributed by atoms with Crippen molar-refractivity contribution in [3.05, 3.63) is 28.8 Å². The largest absolute Gasteiger partial charge is 0.493 e. The smallest absolute Gasteiger partial charge is 0.188 e. The molecule has 106 valence electrons. The second kappa shape index (κ2) is 8.64. The highest BCUT2D eigenvalue weighted by atomic mass is 35.5. The van der Waals surface area contributed by atoms with E-state index in [2.05, 4.69) is 17.2 Å². The van der Waals surface area contributed by atoms with E-state index in [0.717, 1.165) is 30.7 Å². The molecule has 0 atom stereocenters. The number of guanidine groups is 1. The van der Waals surface area contributed by atoms with Gasteiger partial charge in [0.15, 0.2) is 5.96 Å². The minimum Gasteiger partial charge on any atom is -0.493 e. The van der Waals surface area contributed by atoms with Crippen LogP contribution in [0.25, 0.3) is 0 Å². The summed E-state index contributed by atoms with van der Waals surface area (Å²) in [6.07, 6.45) is 2.22. The Hall–Kier alpha value is -1.42. The zero-order valence-electron chi connectivity index (χ0n) is 11.6. The van der Waals surface area contributed by atoms with Crippen molar-refractivity contribution in [3.8, 4) is 5.75 Å². The number of nitrogens with one attached hydrogen (secondary N) is 1. The van der Waals surface area contributed by atoms with E-state index in [9.17, 15) is 0 Å². The fraction of sp³-hybridized carbons (Fsp3) is 0.500. The molecule has 0 aliphatic rings. The molecule has 1 aromatic carbocycles. The summed E-state index contributed by atoms with van der Waals surface area (Å²) in [6, 6.07) is 5.54. The van der Waals surface area contributed by atoms with E-state index in [1.165, 1.54) is 0 Å². The maximum atomic E-state index is 5.95. The van der Waals surface area contributed by atoms with Crippen LogP contribution in [0.5, 0.6) is 5.75 Å². The van der Waals surface area contributed by atoms with E-state index < -0.39 is 0 Å². The van der Waals surface area contributed by atoms with Gasteiger partial charge in [-0.15, -0.1) is 0 Å². The molecule has 0 saturated carbocycles. The van der Waals surface area contributed by atoms with Crippen molar-refractivity contribution in [3.63, 3.8) is 0 Å². The van der Waals surface area contributed by atoms with Gasteiger partial charge in [0.2, 0.25) is 0 Å². The second-order valence-electron chi connectivity index (χ2n) is 4.17. The molecule has 0 radical (unpaired) electrons. The van der Waals surface area contributed by atoms with Crippen molar-refractivity contribution < 1.29 is 4.74 Å². The van der Waals surface area contributed by atoms with Crippen LogP contribution < -0.4 is 15.8 Å². The number of ether oxygens (including phenoxy) is 1. The van der Waals surface area contributed by atoms with E-state index in [1.807, 2.05) is 19.1 Å². The third-order valence-corrected chi connectivity index (χ3v) is 2.82. The molecule has 3 N–H and O–H groups in total. The highest BCUT2D eigenvalue weighted by Gasteiger charge is 2.04. The minimum atomic E-state index is 0.464. The average Bonchev–Trinajstić information content (AvgIpc) is 2.38. The van der Waals surface area contributed by atoms with E-state index in [-0.39, 0.29) is 0 Å². The molecule has 0 unspecified atom stereocenters. The third kappa shape index (κ3) is 5.83. The number of nitrogens with zero attached hydrogens (tertiary/aromatic N) is 1. The first-order chi connectivity index (χ1) is 9.17. The Morgan fingerprint density at radius 1 is 1.42 bits per heavy atom. The summed E-state index contributed by atoms with van der Waals surface area (Å²) in [5.41, 5.74) is 6.77. The molecule has 0 fully saturated rings. The number of aliphatic imine (C=N–C) groups is 1. The fourth-order valence-corrected chi connectivity index (χ4v) is 1.73. The lowest BCUT2D eigenvalue weighted by molar-refractivity contribution is 0.336. The summed E-state index contributed by atoms with van der Waals surface area (Å²) in [7, 11) is 0. The Kier molecular flexibility index (Phi) is 7.11. The molecule has 0 saturated heterocycles. The van der Waals surface area contributed by atoms with Crippen LogP contribution in [0.2, 0.25) is 5.02 Å². The predicted molar refractivity (Wildman–Crippen MR) is 80.9 cm³/mol. The van der Waals surface area contributed by atoms with Gasteiger partial charge in [-0.05, 0) is 25.5 Å². The zero-order valence-corrected chi connectivity index (χ0v) is 12.3. The summed E-state index contributed by atoms with van der Waals surface area (Å²) >= 11 is 5.95. The first kappa shape index (κ1) is 15.6. The molecule has 5 heteroatoms. The number of hydrogen-bond acceptors (Lipinski definition) is 2. The molecule has 0 bridgehead atoms. The van der Waals surface area contributed by atoms with Crippen LogP contribution in [-0.2, 0) is 6.54 Å². The van der Waals surface area contributed by atoms with Gasteiger partial charge in [0.05, 0.1) is 13.2 Å². The number of nitrogens with two attached hydrogens (primary N) is 1. The zero-order chi connectivity index (χ0) is 14.1. The highest BCUT2D eigenvalue weighted by Crippen LogP contribution is 2.24.